The largest absolute Gasteiger partial charge is 0.438 e. The number of fused-ring (bicyclic) bond motifs is 7. The first kappa shape index (κ1) is 22.8. The fourth-order valence-corrected chi connectivity index (χ4v) is 3.41. The summed E-state index contributed by atoms with van der Waals surface area (Å²) in [5, 5.41) is 17.2. The molecule has 2 unspecified atom stereocenters. The number of alkyl halides is 6. The molecule has 13 heteroatoms. The van der Waals surface area contributed by atoms with Gasteiger partial charge in [-0.1, -0.05) is 19.1 Å². The van der Waals surface area contributed by atoms with Gasteiger partial charge < -0.3 is 20.0 Å². The maximum Gasteiger partial charge on any atom is 0.426 e. The van der Waals surface area contributed by atoms with Crippen LogP contribution in [0.25, 0.3) is 11.6 Å². The van der Waals surface area contributed by atoms with Crippen molar-refractivity contribution in [3.63, 3.8) is 0 Å². The van der Waals surface area contributed by atoms with Crippen LogP contribution in [-0.2, 0) is 11.8 Å². The Morgan fingerprint density at radius 2 is 1.85 bits per heavy atom. The van der Waals surface area contributed by atoms with Gasteiger partial charge in [-0.05, 0) is 42.5 Å². The van der Waals surface area contributed by atoms with E-state index < -0.39 is 64.9 Å². The van der Waals surface area contributed by atoms with Crippen LogP contribution in [0.1, 0.15) is 42.7 Å². The van der Waals surface area contributed by atoms with Gasteiger partial charge in [0.05, 0.1) is 5.69 Å². The Morgan fingerprint density at radius 1 is 1.12 bits per heavy atom. The van der Waals surface area contributed by atoms with Gasteiger partial charge in [-0.2, -0.15) is 26.3 Å². The Morgan fingerprint density at radius 3 is 2.52 bits per heavy atom. The van der Waals surface area contributed by atoms with E-state index in [1.165, 1.54) is 18.2 Å². The molecule has 0 saturated heterocycles. The highest BCUT2D eigenvalue weighted by molar-refractivity contribution is 5.68. The van der Waals surface area contributed by atoms with Gasteiger partial charge in [-0.15, -0.1) is 10.2 Å². The molecule has 4 rings (SSSR count). The average molecular weight is 474 g/mol. The fraction of sp³-hybridized carbons (Fsp3) is 0.350. The normalized spacial score (nSPS) is 21.3. The van der Waals surface area contributed by atoms with Crippen LogP contribution in [0.15, 0.2) is 34.7 Å². The second kappa shape index (κ2) is 7.61. The second-order valence-corrected chi connectivity index (χ2v) is 7.66. The molecule has 0 saturated carbocycles. The van der Waals surface area contributed by atoms with Gasteiger partial charge in [0.15, 0.2) is 5.69 Å². The van der Waals surface area contributed by atoms with Gasteiger partial charge >= 0.3 is 12.4 Å². The highest BCUT2D eigenvalue weighted by atomic mass is 19.4. The first-order chi connectivity index (χ1) is 15.3. The van der Waals surface area contributed by atoms with Crippen molar-refractivity contribution >= 4 is 5.69 Å². The molecule has 0 amide bonds. The number of halogens is 6. The van der Waals surface area contributed by atoms with Crippen LogP contribution in [0.3, 0.4) is 0 Å². The number of aromatic nitrogens is 3. The first-order valence-electron chi connectivity index (χ1n) is 9.58. The van der Waals surface area contributed by atoms with Crippen LogP contribution in [0.4, 0.5) is 32.0 Å². The summed E-state index contributed by atoms with van der Waals surface area (Å²) in [5.74, 6) is -3.35. The molecule has 0 aliphatic carbocycles. The molecule has 1 aromatic carbocycles. The third-order valence-corrected chi connectivity index (χ3v) is 5.35. The molecule has 3 aromatic rings. The van der Waals surface area contributed by atoms with Crippen LogP contribution in [0.5, 0.6) is 11.6 Å². The average Bonchev–Trinajstić information content (AvgIpc) is 3.21. The first-order valence-corrected chi connectivity index (χ1v) is 9.58. The number of nitrogens with two attached hydrogens (primary N) is 1. The number of pyridine rings is 1. The maximum atomic E-state index is 13.8. The predicted molar refractivity (Wildman–Crippen MR) is 101 cm³/mol. The van der Waals surface area contributed by atoms with Gasteiger partial charge in [0.2, 0.25) is 11.5 Å². The summed E-state index contributed by atoms with van der Waals surface area (Å²) in [7, 11) is 0. The number of hydrogen-bond acceptors (Lipinski definition) is 7. The Kier molecular flexibility index (Phi) is 5.26. The highest BCUT2D eigenvalue weighted by Crippen LogP contribution is 2.46. The summed E-state index contributed by atoms with van der Waals surface area (Å²) in [6.07, 6.45) is -11.1. The quantitative estimate of drug-likeness (QED) is 0.433. The molecular weight excluding hydrogens is 458 g/mol. The Balaban J connectivity index is 1.97. The van der Waals surface area contributed by atoms with Crippen molar-refractivity contribution in [2.24, 2.45) is 0 Å². The molecule has 3 heterocycles. The summed E-state index contributed by atoms with van der Waals surface area (Å²) in [4.78, 5) is 3.73. The molecule has 2 aromatic heterocycles. The molecule has 1 aliphatic heterocycles. The summed E-state index contributed by atoms with van der Waals surface area (Å²) < 4.78 is 92.7. The monoisotopic (exact) mass is 474 g/mol. The van der Waals surface area contributed by atoms with Crippen LogP contribution in [-0.4, -0.2) is 26.5 Å². The molecule has 7 nitrogen and oxygen atoms in total. The van der Waals surface area contributed by atoms with Crippen molar-refractivity contribution in [2.75, 3.05) is 5.73 Å². The van der Waals surface area contributed by atoms with Gasteiger partial charge in [-0.3, -0.25) is 0 Å². The highest BCUT2D eigenvalue weighted by Gasteiger charge is 2.58. The van der Waals surface area contributed by atoms with E-state index >= 15 is 0 Å². The van der Waals surface area contributed by atoms with Crippen molar-refractivity contribution in [1.82, 2.24) is 15.2 Å². The molecule has 176 valence electrons. The van der Waals surface area contributed by atoms with E-state index in [0.29, 0.717) is 11.6 Å². The number of nitrogen functional groups attached to an aromatic ring is 1. The molecule has 1 aliphatic rings. The zero-order chi connectivity index (χ0) is 24.2. The van der Waals surface area contributed by atoms with Crippen LogP contribution >= 0.6 is 0 Å². The molecule has 2 atom stereocenters. The standard InChI is InChI=1S/C20H16F6N4O3/c1-9-5-6-18(31,20(24,25)26)17-30-29-16(33-17)14-13(27)8-12(19(21,22)23)15(28-14)32-11-4-2-3-10(9)7-11/h2-4,7-9,31H,5-6,27H2,1H3. The van der Waals surface area contributed by atoms with Gasteiger partial charge in [0.25, 0.3) is 11.8 Å². The molecule has 0 radical (unpaired) electrons. The Bertz CT molecular complexity index is 1190. The minimum atomic E-state index is -5.18. The zero-order valence-corrected chi connectivity index (χ0v) is 16.8. The smallest absolute Gasteiger partial charge is 0.426 e. The number of benzene rings is 1. The molecule has 6 bridgehead atoms. The van der Waals surface area contributed by atoms with Crippen molar-refractivity contribution in [1.29, 1.82) is 0 Å². The van der Waals surface area contributed by atoms with Crippen molar-refractivity contribution in [3.8, 4) is 23.2 Å². The van der Waals surface area contributed by atoms with Gasteiger partial charge in [-0.25, -0.2) is 4.98 Å². The number of ether oxygens (including phenoxy) is 1. The minimum Gasteiger partial charge on any atom is -0.438 e. The molecule has 33 heavy (non-hydrogen) atoms. The lowest BCUT2D eigenvalue weighted by Gasteiger charge is -2.28. The van der Waals surface area contributed by atoms with Gasteiger partial charge in [0.1, 0.15) is 11.3 Å². The summed E-state index contributed by atoms with van der Waals surface area (Å²) >= 11 is 0. The number of hydrogen-bond donors (Lipinski definition) is 2. The molecule has 3 N–H and O–H groups in total. The van der Waals surface area contributed by atoms with Crippen LogP contribution in [0.2, 0.25) is 0 Å². The zero-order valence-electron chi connectivity index (χ0n) is 16.8. The van der Waals surface area contributed by atoms with Crippen molar-refractivity contribution in [3.05, 3.63) is 47.3 Å². The van der Waals surface area contributed by atoms with Crippen molar-refractivity contribution in [2.45, 2.75) is 43.6 Å². The number of nitrogens with zero attached hydrogens (tertiary/aromatic N) is 3. The lowest BCUT2D eigenvalue weighted by atomic mass is 9.88. The third kappa shape index (κ3) is 4.08. The number of aliphatic hydroxyl groups is 1. The summed E-state index contributed by atoms with van der Waals surface area (Å²) in [6.45, 7) is 1.60. The third-order valence-electron chi connectivity index (χ3n) is 5.35. The van der Waals surface area contributed by atoms with E-state index in [0.717, 1.165) is 0 Å². The maximum absolute atomic E-state index is 13.8. The minimum absolute atomic E-state index is 0.0255. The van der Waals surface area contributed by atoms with E-state index in [-0.39, 0.29) is 12.2 Å². The van der Waals surface area contributed by atoms with E-state index in [1.807, 2.05) is 0 Å². The van der Waals surface area contributed by atoms with Crippen molar-refractivity contribution < 1.29 is 40.6 Å². The van der Waals surface area contributed by atoms with E-state index in [4.69, 9.17) is 14.9 Å². The van der Waals surface area contributed by atoms with E-state index in [2.05, 4.69) is 15.2 Å². The Labute approximate surface area is 182 Å². The molecule has 0 spiro atoms. The van der Waals surface area contributed by atoms with Gasteiger partial charge in [0, 0.05) is 0 Å². The summed E-state index contributed by atoms with van der Waals surface area (Å²) in [6, 6.07) is 6.33. The number of anilines is 1. The van der Waals surface area contributed by atoms with E-state index in [1.54, 1.807) is 13.0 Å². The lowest BCUT2D eigenvalue weighted by molar-refractivity contribution is -0.277. The second-order valence-electron chi connectivity index (χ2n) is 7.66. The lowest BCUT2D eigenvalue weighted by Crippen LogP contribution is -2.43. The summed E-state index contributed by atoms with van der Waals surface area (Å²) in [5.41, 5.74) is 0.239. The Hall–Kier alpha value is -3.35. The predicted octanol–water partition coefficient (Wildman–Crippen LogP) is 5.17. The van der Waals surface area contributed by atoms with E-state index in [9.17, 15) is 31.4 Å². The molecular formula is C20H16F6N4O3. The molecule has 0 fully saturated rings. The topological polar surface area (TPSA) is 107 Å². The van der Waals surface area contributed by atoms with Crippen LogP contribution < -0.4 is 10.5 Å². The fourth-order valence-electron chi connectivity index (χ4n) is 3.41. The van der Waals surface area contributed by atoms with Crippen LogP contribution in [0, 0.1) is 0 Å². The number of rotatable bonds is 0. The SMILES string of the molecule is CC1CCC(O)(C(F)(F)F)c2nnc(o2)-c2nc(c(C(F)(F)F)cc2N)Oc2cccc1c2.